The van der Waals surface area contributed by atoms with E-state index in [4.69, 9.17) is 17.0 Å². The van der Waals surface area contributed by atoms with Gasteiger partial charge in [-0.05, 0) is 30.2 Å². The molecule has 0 aromatic heterocycles. The molecule has 0 atom stereocenters. The van der Waals surface area contributed by atoms with Gasteiger partial charge in [-0.2, -0.15) is 0 Å². The second-order valence-electron chi connectivity index (χ2n) is 4.46. The second-order valence-corrected chi connectivity index (χ2v) is 6.14. The van der Waals surface area contributed by atoms with E-state index in [-0.39, 0.29) is 11.7 Å². The number of carbonyl (C=O) groups excluding carboxylic acids is 1. The quantitative estimate of drug-likeness (QED) is 0.525. The minimum absolute atomic E-state index is 0.0950. The lowest BCUT2D eigenvalue weighted by Gasteiger charge is -2.09. The number of allylic oxidation sites excluding steroid dienone is 1. The monoisotopic (exact) mass is 321 g/mol. The Balaban J connectivity index is 2.45. The van der Waals surface area contributed by atoms with Gasteiger partial charge < -0.3 is 9.84 Å². The molecular formula is C15H15NO3S2. The Kier molecular flexibility index (Phi) is 4.69. The lowest BCUT2D eigenvalue weighted by molar-refractivity contribution is -0.121. The van der Waals surface area contributed by atoms with Crippen LogP contribution in [-0.4, -0.2) is 34.4 Å². The fourth-order valence-corrected chi connectivity index (χ4v) is 3.12. The van der Waals surface area contributed by atoms with Crippen molar-refractivity contribution in [3.05, 3.63) is 40.8 Å². The summed E-state index contributed by atoms with van der Waals surface area (Å²) < 4.78 is 5.70. The summed E-state index contributed by atoms with van der Waals surface area (Å²) in [5.74, 6) is 0.340. The molecule has 1 fully saturated rings. The summed E-state index contributed by atoms with van der Waals surface area (Å²) in [6.07, 6.45) is 3.96. The predicted molar refractivity (Wildman–Crippen MR) is 89.5 cm³/mol. The summed E-state index contributed by atoms with van der Waals surface area (Å²) in [6, 6.07) is 3.49. The van der Waals surface area contributed by atoms with Gasteiger partial charge in [0.1, 0.15) is 4.32 Å². The summed E-state index contributed by atoms with van der Waals surface area (Å²) in [7, 11) is 3.14. The van der Waals surface area contributed by atoms with E-state index in [2.05, 4.69) is 6.58 Å². The van der Waals surface area contributed by atoms with Crippen LogP contribution in [0.4, 0.5) is 0 Å². The van der Waals surface area contributed by atoms with Crippen LogP contribution in [0.2, 0.25) is 0 Å². The van der Waals surface area contributed by atoms with E-state index in [9.17, 15) is 9.90 Å². The van der Waals surface area contributed by atoms with Crippen LogP contribution in [0.1, 0.15) is 11.1 Å². The molecule has 2 rings (SSSR count). The van der Waals surface area contributed by atoms with E-state index in [1.165, 1.54) is 23.8 Å². The molecule has 1 N–H and O–H groups in total. The highest BCUT2D eigenvalue weighted by Crippen LogP contribution is 2.35. The average molecular weight is 321 g/mol. The number of likely N-dealkylation sites (N-methyl/N-ethyl adjacent to an activating group) is 1. The van der Waals surface area contributed by atoms with E-state index >= 15 is 0 Å². The van der Waals surface area contributed by atoms with Crippen molar-refractivity contribution in [2.45, 2.75) is 6.42 Å². The maximum Gasteiger partial charge on any atom is 0.265 e. The van der Waals surface area contributed by atoms with Gasteiger partial charge in [0.05, 0.1) is 12.0 Å². The van der Waals surface area contributed by atoms with Crippen LogP contribution < -0.4 is 4.74 Å². The molecule has 1 heterocycles. The van der Waals surface area contributed by atoms with Gasteiger partial charge in [-0.25, -0.2) is 0 Å². The highest BCUT2D eigenvalue weighted by molar-refractivity contribution is 8.26. The first kappa shape index (κ1) is 15.6. The molecule has 1 saturated heterocycles. The zero-order chi connectivity index (χ0) is 15.6. The Morgan fingerprint density at radius 1 is 1.52 bits per heavy atom. The molecular weight excluding hydrogens is 306 g/mol. The number of thiocarbonyl (C=S) groups is 1. The van der Waals surface area contributed by atoms with Gasteiger partial charge in [-0.15, -0.1) is 6.58 Å². The molecule has 6 heteroatoms. The molecule has 1 aromatic carbocycles. The largest absolute Gasteiger partial charge is 0.504 e. The van der Waals surface area contributed by atoms with Crippen molar-refractivity contribution in [1.29, 1.82) is 0 Å². The Morgan fingerprint density at radius 3 is 2.76 bits per heavy atom. The van der Waals surface area contributed by atoms with Gasteiger partial charge in [0.2, 0.25) is 0 Å². The normalized spacial score (nSPS) is 16.7. The lowest BCUT2D eigenvalue weighted by atomic mass is 10.1. The zero-order valence-corrected chi connectivity index (χ0v) is 13.4. The summed E-state index contributed by atoms with van der Waals surface area (Å²) in [6.45, 7) is 3.67. The van der Waals surface area contributed by atoms with Crippen LogP contribution in [0, 0.1) is 0 Å². The number of aromatic hydroxyl groups is 1. The summed E-state index contributed by atoms with van der Waals surface area (Å²) in [5, 5.41) is 10.0. The van der Waals surface area contributed by atoms with Gasteiger partial charge >= 0.3 is 0 Å². The van der Waals surface area contributed by atoms with Crippen LogP contribution >= 0.6 is 24.0 Å². The van der Waals surface area contributed by atoms with Crippen molar-refractivity contribution in [3.8, 4) is 11.5 Å². The maximum atomic E-state index is 12.0. The minimum atomic E-state index is -0.123. The van der Waals surface area contributed by atoms with E-state index in [1.54, 1.807) is 25.3 Å². The first-order chi connectivity index (χ1) is 9.97. The number of phenolic OH excluding ortho intramolecular Hbond substituents is 1. The van der Waals surface area contributed by atoms with Crippen LogP contribution in [-0.2, 0) is 11.2 Å². The summed E-state index contributed by atoms with van der Waals surface area (Å²) >= 11 is 6.36. The number of thioether (sulfide) groups is 1. The summed E-state index contributed by atoms with van der Waals surface area (Å²) in [5.41, 5.74) is 1.47. The van der Waals surface area contributed by atoms with Gasteiger partial charge in [0.15, 0.2) is 11.5 Å². The van der Waals surface area contributed by atoms with E-state index in [0.29, 0.717) is 27.0 Å². The van der Waals surface area contributed by atoms with Crippen LogP contribution in [0.3, 0.4) is 0 Å². The number of hydrogen-bond donors (Lipinski definition) is 1. The fourth-order valence-electron chi connectivity index (χ4n) is 1.94. The van der Waals surface area contributed by atoms with E-state index in [1.807, 2.05) is 6.07 Å². The molecule has 0 radical (unpaired) electrons. The molecule has 0 bridgehead atoms. The Morgan fingerprint density at radius 2 is 2.24 bits per heavy atom. The summed E-state index contributed by atoms with van der Waals surface area (Å²) in [4.78, 5) is 14.0. The Labute approximate surface area is 133 Å². The third-order valence-corrected chi connectivity index (χ3v) is 4.53. The third-order valence-electron chi connectivity index (χ3n) is 3.04. The first-order valence-corrected chi connectivity index (χ1v) is 7.42. The smallest absolute Gasteiger partial charge is 0.265 e. The van der Waals surface area contributed by atoms with Crippen LogP contribution in [0.15, 0.2) is 29.7 Å². The van der Waals surface area contributed by atoms with E-state index < -0.39 is 0 Å². The Bertz CT molecular complexity index is 653. The molecule has 1 aromatic rings. The van der Waals surface area contributed by atoms with Gasteiger partial charge in [0.25, 0.3) is 5.91 Å². The van der Waals surface area contributed by atoms with Crippen LogP contribution in [0.5, 0.6) is 11.5 Å². The molecule has 21 heavy (non-hydrogen) atoms. The first-order valence-electron chi connectivity index (χ1n) is 6.20. The number of hydrogen-bond acceptors (Lipinski definition) is 5. The number of rotatable bonds is 4. The molecule has 1 aliphatic rings. The highest BCUT2D eigenvalue weighted by atomic mass is 32.2. The molecule has 0 spiro atoms. The number of phenols is 1. The molecule has 1 amide bonds. The number of ether oxygens (including phenoxy) is 1. The standard InChI is InChI=1S/C15H15NO3S2/c1-4-5-10-6-9(7-11(19-3)13(10)17)8-12-14(18)16(2)15(20)21-12/h4,6-8,17H,1,5H2,2-3H3. The van der Waals surface area contributed by atoms with Crippen molar-refractivity contribution in [2.24, 2.45) is 0 Å². The van der Waals surface area contributed by atoms with Crippen molar-refractivity contribution in [2.75, 3.05) is 14.2 Å². The lowest BCUT2D eigenvalue weighted by Crippen LogP contribution is -2.22. The highest BCUT2D eigenvalue weighted by Gasteiger charge is 2.28. The molecule has 110 valence electrons. The third kappa shape index (κ3) is 3.11. The van der Waals surface area contributed by atoms with E-state index in [0.717, 1.165) is 5.56 Å². The number of carbonyl (C=O) groups is 1. The van der Waals surface area contributed by atoms with Crippen molar-refractivity contribution in [3.63, 3.8) is 0 Å². The minimum Gasteiger partial charge on any atom is -0.504 e. The zero-order valence-electron chi connectivity index (χ0n) is 11.8. The number of nitrogens with zero attached hydrogens (tertiary/aromatic N) is 1. The van der Waals surface area contributed by atoms with Gasteiger partial charge in [-0.1, -0.05) is 30.1 Å². The maximum absolute atomic E-state index is 12.0. The molecule has 0 saturated carbocycles. The second kappa shape index (κ2) is 6.32. The SMILES string of the molecule is C=CCc1cc(C=C2SC(=S)N(C)C2=O)cc(OC)c1O. The molecule has 1 aliphatic heterocycles. The van der Waals surface area contributed by atoms with Gasteiger partial charge in [0, 0.05) is 12.6 Å². The number of benzene rings is 1. The van der Waals surface area contributed by atoms with Crippen molar-refractivity contribution >= 4 is 40.3 Å². The topological polar surface area (TPSA) is 49.8 Å². The van der Waals surface area contributed by atoms with Crippen LogP contribution in [0.25, 0.3) is 6.08 Å². The van der Waals surface area contributed by atoms with Crippen molar-refractivity contribution in [1.82, 2.24) is 4.90 Å². The Hall–Kier alpha value is -1.79. The molecule has 0 aliphatic carbocycles. The number of amides is 1. The number of methoxy groups -OCH3 is 1. The van der Waals surface area contributed by atoms with Crippen molar-refractivity contribution < 1.29 is 14.6 Å². The molecule has 4 nitrogen and oxygen atoms in total. The van der Waals surface area contributed by atoms with Gasteiger partial charge in [-0.3, -0.25) is 9.69 Å². The molecule has 0 unspecified atom stereocenters. The fraction of sp³-hybridized carbons (Fsp3) is 0.200. The average Bonchev–Trinajstić information content (AvgIpc) is 2.70. The predicted octanol–water partition coefficient (Wildman–Crippen LogP) is 2.96.